The highest BCUT2D eigenvalue weighted by atomic mass is 32.2. The Kier molecular flexibility index (Phi) is 4.89. The summed E-state index contributed by atoms with van der Waals surface area (Å²) < 4.78 is 23.1. The zero-order valence-corrected chi connectivity index (χ0v) is 11.0. The van der Waals surface area contributed by atoms with Crippen LogP contribution in [-0.4, -0.2) is 20.1 Å². The van der Waals surface area contributed by atoms with E-state index in [9.17, 15) is 13.2 Å². The smallest absolute Gasteiger partial charge is 0.251 e. The molecule has 1 N–H and O–H groups in total. The van der Waals surface area contributed by atoms with Gasteiger partial charge in [-0.05, 0) is 17.7 Å². The number of hydrogen-bond acceptors (Lipinski definition) is 3. The average molecular weight is 265 g/mol. The largest absolute Gasteiger partial charge is 0.348 e. The third-order valence-electron chi connectivity index (χ3n) is 2.36. The number of nitrogens with one attached hydrogen (secondary N) is 1. The van der Waals surface area contributed by atoms with E-state index in [1.807, 2.05) is 0 Å². The second-order valence-electron chi connectivity index (χ2n) is 3.61. The summed E-state index contributed by atoms with van der Waals surface area (Å²) in [4.78, 5) is 11.4. The maximum atomic E-state index is 11.6. The maximum absolute atomic E-state index is 11.6. The van der Waals surface area contributed by atoms with Crippen molar-refractivity contribution in [1.29, 1.82) is 0 Å². The molecule has 0 spiro atoms. The fourth-order valence-electron chi connectivity index (χ4n) is 1.31. The van der Waals surface area contributed by atoms with Crippen molar-refractivity contribution >= 4 is 15.7 Å². The van der Waals surface area contributed by atoms with Gasteiger partial charge in [-0.15, -0.1) is 5.73 Å². The molecule has 0 fully saturated rings. The Morgan fingerprint density at radius 1 is 1.39 bits per heavy atom. The Morgan fingerprint density at radius 3 is 2.50 bits per heavy atom. The normalized spacial score (nSPS) is 10.5. The first-order valence-electron chi connectivity index (χ1n) is 5.45. The molecular formula is C13H15NO3S. The SMILES string of the molecule is C=C=CC(=O)NCc1ccc(S(=O)(=O)CC)cc1. The number of hydrogen-bond donors (Lipinski definition) is 1. The predicted octanol–water partition coefficient (Wildman–Crippen LogP) is 1.44. The number of rotatable bonds is 5. The van der Waals surface area contributed by atoms with Crippen LogP contribution in [0.3, 0.4) is 0 Å². The van der Waals surface area contributed by atoms with Gasteiger partial charge in [0.1, 0.15) is 0 Å². The zero-order valence-electron chi connectivity index (χ0n) is 10.1. The van der Waals surface area contributed by atoms with Gasteiger partial charge in [-0.3, -0.25) is 4.79 Å². The van der Waals surface area contributed by atoms with Crippen molar-refractivity contribution in [2.24, 2.45) is 0 Å². The molecule has 1 amide bonds. The summed E-state index contributed by atoms with van der Waals surface area (Å²) in [6.07, 6.45) is 1.20. The van der Waals surface area contributed by atoms with Crippen LogP contribution >= 0.6 is 0 Å². The quantitative estimate of drug-likeness (QED) is 0.647. The van der Waals surface area contributed by atoms with Crippen LogP contribution in [0.2, 0.25) is 0 Å². The van der Waals surface area contributed by atoms with Crippen LogP contribution in [0.25, 0.3) is 0 Å². The number of benzene rings is 1. The fourth-order valence-corrected chi connectivity index (χ4v) is 2.20. The summed E-state index contributed by atoms with van der Waals surface area (Å²) in [5.41, 5.74) is 3.20. The Hall–Kier alpha value is -1.84. The molecule has 4 nitrogen and oxygen atoms in total. The minimum atomic E-state index is -3.17. The first-order chi connectivity index (χ1) is 8.49. The first kappa shape index (κ1) is 14.2. The van der Waals surface area contributed by atoms with Crippen molar-refractivity contribution in [3.8, 4) is 0 Å². The molecule has 0 aliphatic heterocycles. The van der Waals surface area contributed by atoms with Crippen LogP contribution in [0.5, 0.6) is 0 Å². The summed E-state index contributed by atoms with van der Waals surface area (Å²) in [5.74, 6) is -0.206. The number of carbonyl (C=O) groups excluding carboxylic acids is 1. The van der Waals surface area contributed by atoms with Crippen LogP contribution < -0.4 is 5.32 Å². The molecule has 0 radical (unpaired) electrons. The highest BCUT2D eigenvalue weighted by molar-refractivity contribution is 7.91. The first-order valence-corrected chi connectivity index (χ1v) is 7.10. The monoisotopic (exact) mass is 265 g/mol. The van der Waals surface area contributed by atoms with E-state index in [0.29, 0.717) is 11.4 Å². The Morgan fingerprint density at radius 2 is 2.00 bits per heavy atom. The standard InChI is InChI=1S/C13H15NO3S/c1-3-5-13(15)14-10-11-6-8-12(9-7-11)18(16,17)4-2/h5-9H,1,4,10H2,2H3,(H,14,15). The topological polar surface area (TPSA) is 63.2 Å². The van der Waals surface area contributed by atoms with Crippen molar-refractivity contribution in [3.05, 3.63) is 48.2 Å². The van der Waals surface area contributed by atoms with Crippen LogP contribution in [0, 0.1) is 0 Å². The molecule has 0 aliphatic rings. The van der Waals surface area contributed by atoms with Gasteiger partial charge in [0.15, 0.2) is 9.84 Å². The molecule has 96 valence electrons. The van der Waals surface area contributed by atoms with Crippen LogP contribution in [0.15, 0.2) is 47.5 Å². The zero-order chi connectivity index (χ0) is 13.6. The summed E-state index contributed by atoms with van der Waals surface area (Å²) in [5, 5.41) is 2.63. The highest BCUT2D eigenvalue weighted by Crippen LogP contribution is 2.12. The number of carbonyl (C=O) groups is 1. The van der Waals surface area contributed by atoms with E-state index >= 15 is 0 Å². The van der Waals surface area contributed by atoms with Gasteiger partial charge >= 0.3 is 0 Å². The Labute approximate surface area is 107 Å². The van der Waals surface area contributed by atoms with E-state index in [1.165, 1.54) is 6.08 Å². The van der Waals surface area contributed by atoms with Gasteiger partial charge in [0.05, 0.1) is 10.6 Å². The van der Waals surface area contributed by atoms with E-state index in [-0.39, 0.29) is 11.7 Å². The second kappa shape index (κ2) is 6.19. The summed E-state index contributed by atoms with van der Waals surface area (Å²) >= 11 is 0. The highest BCUT2D eigenvalue weighted by Gasteiger charge is 2.10. The molecule has 1 rings (SSSR count). The van der Waals surface area contributed by atoms with Crippen molar-refractivity contribution in [2.75, 3.05) is 5.75 Å². The molecule has 0 saturated carbocycles. The second-order valence-corrected chi connectivity index (χ2v) is 5.89. The molecule has 0 atom stereocenters. The van der Waals surface area contributed by atoms with Gasteiger partial charge in [-0.1, -0.05) is 25.6 Å². The van der Waals surface area contributed by atoms with Gasteiger partial charge in [0, 0.05) is 12.6 Å². The van der Waals surface area contributed by atoms with E-state index in [4.69, 9.17) is 0 Å². The van der Waals surface area contributed by atoms with Crippen LogP contribution in [-0.2, 0) is 21.2 Å². The molecular weight excluding hydrogens is 250 g/mol. The van der Waals surface area contributed by atoms with Gasteiger partial charge in [0.25, 0.3) is 5.91 Å². The fraction of sp³-hybridized carbons (Fsp3) is 0.231. The summed E-state index contributed by atoms with van der Waals surface area (Å²) in [7, 11) is -3.17. The van der Waals surface area contributed by atoms with E-state index < -0.39 is 9.84 Å². The van der Waals surface area contributed by atoms with Gasteiger partial charge in [-0.25, -0.2) is 8.42 Å². The third kappa shape index (κ3) is 3.87. The molecule has 0 saturated heterocycles. The molecule has 0 aliphatic carbocycles. The molecule has 18 heavy (non-hydrogen) atoms. The lowest BCUT2D eigenvalue weighted by atomic mass is 10.2. The van der Waals surface area contributed by atoms with E-state index in [0.717, 1.165) is 5.56 Å². The molecule has 0 unspecified atom stereocenters. The Balaban J connectivity index is 2.72. The lowest BCUT2D eigenvalue weighted by Gasteiger charge is -2.04. The summed E-state index contributed by atoms with van der Waals surface area (Å²) in [6.45, 7) is 5.23. The van der Waals surface area contributed by atoms with Crippen LogP contribution in [0.4, 0.5) is 0 Å². The van der Waals surface area contributed by atoms with Gasteiger partial charge in [0.2, 0.25) is 0 Å². The molecule has 0 heterocycles. The van der Waals surface area contributed by atoms with E-state index in [2.05, 4.69) is 17.6 Å². The molecule has 0 bridgehead atoms. The average Bonchev–Trinajstić information content (AvgIpc) is 2.37. The van der Waals surface area contributed by atoms with Crippen molar-refractivity contribution in [3.63, 3.8) is 0 Å². The third-order valence-corrected chi connectivity index (χ3v) is 4.11. The van der Waals surface area contributed by atoms with Crippen LogP contribution in [0.1, 0.15) is 12.5 Å². The predicted molar refractivity (Wildman–Crippen MR) is 69.7 cm³/mol. The van der Waals surface area contributed by atoms with Gasteiger partial charge in [-0.2, -0.15) is 0 Å². The maximum Gasteiger partial charge on any atom is 0.251 e. The Bertz CT molecular complexity index is 567. The minimum Gasteiger partial charge on any atom is -0.348 e. The molecule has 0 aromatic heterocycles. The minimum absolute atomic E-state index is 0.0766. The van der Waals surface area contributed by atoms with Crippen molar-refractivity contribution in [2.45, 2.75) is 18.4 Å². The number of sulfone groups is 1. The summed E-state index contributed by atoms with van der Waals surface area (Å²) in [6, 6.07) is 6.45. The van der Waals surface area contributed by atoms with Gasteiger partial charge < -0.3 is 5.32 Å². The lowest BCUT2D eigenvalue weighted by molar-refractivity contribution is -0.116. The van der Waals surface area contributed by atoms with Crippen molar-refractivity contribution < 1.29 is 13.2 Å². The lowest BCUT2D eigenvalue weighted by Crippen LogP contribution is -2.20. The van der Waals surface area contributed by atoms with Crippen molar-refractivity contribution in [1.82, 2.24) is 5.32 Å². The molecule has 1 aromatic carbocycles. The number of amides is 1. The molecule has 5 heteroatoms. The van der Waals surface area contributed by atoms with E-state index in [1.54, 1.807) is 31.2 Å². The molecule has 1 aromatic rings.